The Morgan fingerprint density at radius 3 is 1.89 bits per heavy atom. The molecule has 2 aromatic carbocycles. The second kappa shape index (κ2) is 15.7. The van der Waals surface area contributed by atoms with Gasteiger partial charge in [0.05, 0.1) is 6.61 Å². The number of unbranched alkanes of at least 4 members (excludes halogenated alkanes) is 7. The molecule has 0 aromatic heterocycles. The zero-order valence-electron chi connectivity index (χ0n) is 17.9. The predicted octanol–water partition coefficient (Wildman–Crippen LogP) is 7.16. The molecule has 154 valence electrons. The zero-order chi connectivity index (χ0) is 20.5. The van der Waals surface area contributed by atoms with E-state index in [2.05, 4.69) is 31.3 Å². The van der Waals surface area contributed by atoms with Crippen LogP contribution in [0.2, 0.25) is 0 Å². The fourth-order valence-corrected chi connectivity index (χ4v) is 2.80. The van der Waals surface area contributed by atoms with Crippen LogP contribution in [0.1, 0.15) is 70.8 Å². The lowest BCUT2D eigenvalue weighted by Gasteiger charge is -2.07. The van der Waals surface area contributed by atoms with Gasteiger partial charge < -0.3 is 10.1 Å². The molecule has 0 aliphatic heterocycles. The second-order valence-corrected chi connectivity index (χ2v) is 7.18. The fraction of sp³-hybridized carbons (Fsp3) is 0.480. The number of ether oxygens (including phenoxy) is 1. The van der Waals surface area contributed by atoms with Crippen molar-refractivity contribution < 1.29 is 9.53 Å². The lowest BCUT2D eigenvalue weighted by atomic mass is 10.1. The van der Waals surface area contributed by atoms with Gasteiger partial charge in [0, 0.05) is 12.6 Å². The van der Waals surface area contributed by atoms with Gasteiger partial charge in [0.15, 0.2) is 0 Å². The molecule has 0 spiro atoms. The average molecular weight is 384 g/mol. The molecule has 28 heavy (non-hydrogen) atoms. The van der Waals surface area contributed by atoms with E-state index in [1.807, 2.05) is 42.5 Å². The molecule has 0 fully saturated rings. The Morgan fingerprint density at radius 1 is 0.821 bits per heavy atom. The third-order valence-electron chi connectivity index (χ3n) is 4.38. The summed E-state index contributed by atoms with van der Waals surface area (Å²) in [6, 6.07) is 17.8. The van der Waals surface area contributed by atoms with Crippen LogP contribution >= 0.6 is 0 Å². The number of benzene rings is 2. The Balaban J connectivity index is 0.000000467. The predicted molar refractivity (Wildman–Crippen MR) is 120 cm³/mol. The smallest absolute Gasteiger partial charge is 0.221 e. The first-order chi connectivity index (χ1) is 13.6. The normalized spacial score (nSPS) is 9.96. The van der Waals surface area contributed by atoms with Crippen molar-refractivity contribution >= 4 is 11.6 Å². The largest absolute Gasteiger partial charge is 0.494 e. The maximum Gasteiger partial charge on any atom is 0.221 e. The molecule has 0 saturated heterocycles. The van der Waals surface area contributed by atoms with Gasteiger partial charge in [0.1, 0.15) is 5.75 Å². The van der Waals surface area contributed by atoms with Crippen LogP contribution in [0.3, 0.4) is 0 Å². The molecule has 0 unspecified atom stereocenters. The highest BCUT2D eigenvalue weighted by atomic mass is 16.5. The molecular weight excluding hydrogens is 346 g/mol. The summed E-state index contributed by atoms with van der Waals surface area (Å²) in [5, 5.41) is 2.74. The molecule has 1 amide bonds. The van der Waals surface area contributed by atoms with Crippen molar-refractivity contribution in [1.29, 1.82) is 0 Å². The van der Waals surface area contributed by atoms with E-state index < -0.39 is 0 Å². The Kier molecular flexibility index (Phi) is 13.3. The van der Waals surface area contributed by atoms with E-state index in [9.17, 15) is 4.79 Å². The number of hydrogen-bond acceptors (Lipinski definition) is 2. The van der Waals surface area contributed by atoms with Gasteiger partial charge >= 0.3 is 0 Å². The highest BCUT2D eigenvalue weighted by Gasteiger charge is 1.97. The third-order valence-corrected chi connectivity index (χ3v) is 4.38. The minimum absolute atomic E-state index is 0.0531. The van der Waals surface area contributed by atoms with Crippen molar-refractivity contribution in [2.24, 2.45) is 0 Å². The average Bonchev–Trinajstić information content (AvgIpc) is 2.69. The number of rotatable bonds is 11. The van der Waals surface area contributed by atoms with Gasteiger partial charge in [-0.15, -0.1) is 0 Å². The molecule has 0 radical (unpaired) electrons. The molecule has 2 rings (SSSR count). The number of carbonyl (C=O) groups excluding carboxylic acids is 1. The van der Waals surface area contributed by atoms with Crippen LogP contribution in [0.5, 0.6) is 5.75 Å². The Hall–Kier alpha value is -2.29. The van der Waals surface area contributed by atoms with Crippen LogP contribution in [0.4, 0.5) is 5.69 Å². The lowest BCUT2D eigenvalue weighted by molar-refractivity contribution is -0.114. The van der Waals surface area contributed by atoms with E-state index in [-0.39, 0.29) is 5.91 Å². The summed E-state index contributed by atoms with van der Waals surface area (Å²) in [6.07, 6.45) is 10.5. The van der Waals surface area contributed by atoms with Crippen LogP contribution in [-0.2, 0) is 4.79 Å². The van der Waals surface area contributed by atoms with E-state index in [1.54, 1.807) is 0 Å². The number of hydrogen-bond donors (Lipinski definition) is 1. The first-order valence-electron chi connectivity index (χ1n) is 10.6. The maximum atomic E-state index is 10.9. The van der Waals surface area contributed by atoms with Gasteiger partial charge in [-0.25, -0.2) is 0 Å². The fourth-order valence-electron chi connectivity index (χ4n) is 2.80. The standard InChI is InChI=1S/C18H29NO2.C7H8/c1-3-4-5-6-7-8-9-10-15-21-18-13-11-17(12-14-18)19-16(2)20;1-7-5-3-2-4-6-7/h11-14H,3-10,15H2,1-2H3,(H,19,20);2-6H,1H3. The first-order valence-corrected chi connectivity index (χ1v) is 10.6. The Morgan fingerprint density at radius 2 is 1.39 bits per heavy atom. The van der Waals surface area contributed by atoms with E-state index in [1.165, 1.54) is 57.4 Å². The van der Waals surface area contributed by atoms with Crippen molar-refractivity contribution in [2.45, 2.75) is 72.1 Å². The molecular formula is C25H37NO2. The highest BCUT2D eigenvalue weighted by molar-refractivity contribution is 5.88. The van der Waals surface area contributed by atoms with Crippen molar-refractivity contribution in [1.82, 2.24) is 0 Å². The molecule has 0 heterocycles. The Bertz CT molecular complexity index is 623. The topological polar surface area (TPSA) is 38.3 Å². The van der Waals surface area contributed by atoms with Gasteiger partial charge in [0.2, 0.25) is 5.91 Å². The number of carbonyl (C=O) groups is 1. The number of amides is 1. The molecule has 0 atom stereocenters. The summed E-state index contributed by atoms with van der Waals surface area (Å²) >= 11 is 0. The van der Waals surface area contributed by atoms with Gasteiger partial charge in [0.25, 0.3) is 0 Å². The van der Waals surface area contributed by atoms with Crippen molar-refractivity contribution in [3.8, 4) is 5.75 Å². The molecule has 1 N–H and O–H groups in total. The number of anilines is 1. The van der Waals surface area contributed by atoms with Crippen LogP contribution < -0.4 is 10.1 Å². The van der Waals surface area contributed by atoms with E-state index in [0.29, 0.717) is 0 Å². The highest BCUT2D eigenvalue weighted by Crippen LogP contribution is 2.16. The number of nitrogens with one attached hydrogen (secondary N) is 1. The summed E-state index contributed by atoms with van der Waals surface area (Å²) in [7, 11) is 0. The van der Waals surface area contributed by atoms with Gasteiger partial charge in [-0.1, -0.05) is 87.8 Å². The molecule has 0 aliphatic carbocycles. The minimum Gasteiger partial charge on any atom is -0.494 e. The minimum atomic E-state index is -0.0531. The monoisotopic (exact) mass is 383 g/mol. The summed E-state index contributed by atoms with van der Waals surface area (Å²) in [6.45, 7) is 6.61. The van der Waals surface area contributed by atoms with Gasteiger partial charge in [-0.2, -0.15) is 0 Å². The van der Waals surface area contributed by atoms with Crippen molar-refractivity contribution in [2.75, 3.05) is 11.9 Å². The summed E-state index contributed by atoms with van der Waals surface area (Å²) in [5.41, 5.74) is 2.13. The maximum absolute atomic E-state index is 10.9. The van der Waals surface area contributed by atoms with Crippen molar-refractivity contribution in [3.05, 3.63) is 60.2 Å². The molecule has 3 heteroatoms. The zero-order valence-corrected chi connectivity index (χ0v) is 17.9. The Labute approximate surface area is 171 Å². The molecule has 0 saturated carbocycles. The lowest BCUT2D eigenvalue weighted by Crippen LogP contribution is -2.05. The molecule has 0 bridgehead atoms. The van der Waals surface area contributed by atoms with E-state index in [0.717, 1.165) is 24.5 Å². The van der Waals surface area contributed by atoms with Crippen molar-refractivity contribution in [3.63, 3.8) is 0 Å². The van der Waals surface area contributed by atoms with Gasteiger partial charge in [-0.3, -0.25) is 4.79 Å². The third kappa shape index (κ3) is 13.0. The van der Waals surface area contributed by atoms with Gasteiger partial charge in [-0.05, 0) is 37.6 Å². The summed E-state index contributed by atoms with van der Waals surface area (Å²) in [5.74, 6) is 0.814. The molecule has 0 aliphatic rings. The number of aryl methyl sites for hydroxylation is 1. The molecule has 2 aromatic rings. The van der Waals surface area contributed by atoms with E-state index in [4.69, 9.17) is 4.74 Å². The first kappa shape index (κ1) is 23.7. The SMILES string of the molecule is CCCCCCCCCCOc1ccc(NC(C)=O)cc1.Cc1ccccc1. The quantitative estimate of drug-likeness (QED) is 0.418. The van der Waals surface area contributed by atoms with Crippen LogP contribution in [0.25, 0.3) is 0 Å². The van der Waals surface area contributed by atoms with Crippen LogP contribution in [-0.4, -0.2) is 12.5 Å². The van der Waals surface area contributed by atoms with E-state index >= 15 is 0 Å². The molecule has 3 nitrogen and oxygen atoms in total. The summed E-state index contributed by atoms with van der Waals surface area (Å²) < 4.78 is 5.70. The van der Waals surface area contributed by atoms with Crippen LogP contribution in [0.15, 0.2) is 54.6 Å². The second-order valence-electron chi connectivity index (χ2n) is 7.18. The summed E-state index contributed by atoms with van der Waals surface area (Å²) in [4.78, 5) is 10.9. The van der Waals surface area contributed by atoms with Crippen LogP contribution in [0, 0.1) is 6.92 Å².